The summed E-state index contributed by atoms with van der Waals surface area (Å²) < 4.78 is 41.9. The number of hydrogen-bond acceptors (Lipinski definition) is 3. The topological polar surface area (TPSA) is 55.4 Å². The zero-order valence-corrected chi connectivity index (χ0v) is 11.0. The Balaban J connectivity index is 2.69. The number of amides is 1. The summed E-state index contributed by atoms with van der Waals surface area (Å²) in [6, 6.07) is 3.63. The maximum Gasteiger partial charge on any atom is 0.416 e. The quantitative estimate of drug-likeness (QED) is 0.862. The summed E-state index contributed by atoms with van der Waals surface area (Å²) in [6.07, 6.45) is -4.70. The molecule has 1 unspecified atom stereocenters. The van der Waals surface area contributed by atoms with Crippen LogP contribution >= 0.6 is 0 Å². The second-order valence-electron chi connectivity index (χ2n) is 4.19. The number of esters is 1. The SMILES string of the molecule is COC(=O)C(C)NC(=O)Cc1cccc(C(F)(F)F)c1. The van der Waals surface area contributed by atoms with Gasteiger partial charge in [-0.25, -0.2) is 4.79 Å². The van der Waals surface area contributed by atoms with Crippen LogP contribution in [0.4, 0.5) is 13.2 Å². The van der Waals surface area contributed by atoms with Gasteiger partial charge in [0.25, 0.3) is 0 Å². The molecule has 1 atom stereocenters. The van der Waals surface area contributed by atoms with E-state index in [-0.39, 0.29) is 12.0 Å². The molecular formula is C13H14F3NO3. The minimum Gasteiger partial charge on any atom is -0.467 e. The zero-order chi connectivity index (χ0) is 15.3. The Bertz CT molecular complexity index is 500. The van der Waals surface area contributed by atoms with Crippen molar-refractivity contribution in [2.24, 2.45) is 0 Å². The van der Waals surface area contributed by atoms with Crippen molar-refractivity contribution < 1.29 is 27.5 Å². The lowest BCUT2D eigenvalue weighted by molar-refractivity contribution is -0.144. The van der Waals surface area contributed by atoms with Gasteiger partial charge in [0.2, 0.25) is 5.91 Å². The lowest BCUT2D eigenvalue weighted by Crippen LogP contribution is -2.39. The monoisotopic (exact) mass is 289 g/mol. The Morgan fingerprint density at radius 2 is 2.00 bits per heavy atom. The summed E-state index contributed by atoms with van der Waals surface area (Å²) in [5.74, 6) is -1.18. The van der Waals surface area contributed by atoms with E-state index < -0.39 is 29.7 Å². The number of carbonyl (C=O) groups excluding carboxylic acids is 2. The molecule has 1 aromatic rings. The predicted octanol–water partition coefficient (Wildman–Crippen LogP) is 1.93. The van der Waals surface area contributed by atoms with Gasteiger partial charge in [0.05, 0.1) is 19.1 Å². The second-order valence-corrected chi connectivity index (χ2v) is 4.19. The molecule has 0 heterocycles. The minimum absolute atomic E-state index is 0.217. The van der Waals surface area contributed by atoms with Crippen LogP contribution in [0.3, 0.4) is 0 Å². The molecule has 0 radical (unpaired) electrons. The van der Waals surface area contributed by atoms with Gasteiger partial charge in [-0.2, -0.15) is 13.2 Å². The smallest absolute Gasteiger partial charge is 0.416 e. The molecule has 0 spiro atoms. The third kappa shape index (κ3) is 4.56. The molecular weight excluding hydrogens is 275 g/mol. The first-order chi connectivity index (χ1) is 9.24. The van der Waals surface area contributed by atoms with Crippen molar-refractivity contribution in [2.45, 2.75) is 25.6 Å². The Morgan fingerprint density at radius 1 is 1.35 bits per heavy atom. The number of hydrogen-bond donors (Lipinski definition) is 1. The van der Waals surface area contributed by atoms with Gasteiger partial charge in [-0.15, -0.1) is 0 Å². The summed E-state index contributed by atoms with van der Waals surface area (Å²) in [4.78, 5) is 22.7. The van der Waals surface area contributed by atoms with Gasteiger partial charge in [0, 0.05) is 0 Å². The number of nitrogens with one attached hydrogen (secondary N) is 1. The van der Waals surface area contributed by atoms with Gasteiger partial charge in [0.15, 0.2) is 0 Å². The Hall–Kier alpha value is -2.05. The van der Waals surface area contributed by atoms with Crippen molar-refractivity contribution in [2.75, 3.05) is 7.11 Å². The Kier molecular flexibility index (Phi) is 5.12. The van der Waals surface area contributed by atoms with Crippen LogP contribution in [0.1, 0.15) is 18.1 Å². The molecule has 0 aromatic heterocycles. The average molecular weight is 289 g/mol. The molecule has 1 rings (SSSR count). The summed E-state index contributed by atoms with van der Waals surface area (Å²) in [6.45, 7) is 1.43. The van der Waals surface area contributed by atoms with Crippen molar-refractivity contribution in [1.29, 1.82) is 0 Å². The summed E-state index contributed by atoms with van der Waals surface area (Å²) in [7, 11) is 1.18. The number of benzene rings is 1. The summed E-state index contributed by atoms with van der Waals surface area (Å²) in [5, 5.41) is 2.34. The van der Waals surface area contributed by atoms with Crippen LogP contribution in [0.5, 0.6) is 0 Å². The molecule has 20 heavy (non-hydrogen) atoms. The number of carbonyl (C=O) groups is 2. The van der Waals surface area contributed by atoms with E-state index in [0.29, 0.717) is 0 Å². The molecule has 0 aliphatic rings. The van der Waals surface area contributed by atoms with E-state index in [4.69, 9.17) is 0 Å². The molecule has 1 amide bonds. The molecule has 0 bridgehead atoms. The highest BCUT2D eigenvalue weighted by Gasteiger charge is 2.30. The number of methoxy groups -OCH3 is 1. The lowest BCUT2D eigenvalue weighted by atomic mass is 10.1. The summed E-state index contributed by atoms with van der Waals surface area (Å²) >= 11 is 0. The van der Waals surface area contributed by atoms with E-state index in [1.165, 1.54) is 26.2 Å². The van der Waals surface area contributed by atoms with Crippen LogP contribution in [0.15, 0.2) is 24.3 Å². The number of rotatable bonds is 4. The minimum atomic E-state index is -4.45. The van der Waals surface area contributed by atoms with E-state index in [9.17, 15) is 22.8 Å². The fraction of sp³-hybridized carbons (Fsp3) is 0.385. The first-order valence-electron chi connectivity index (χ1n) is 5.77. The highest BCUT2D eigenvalue weighted by Crippen LogP contribution is 2.29. The molecule has 1 N–H and O–H groups in total. The van der Waals surface area contributed by atoms with E-state index in [1.807, 2.05) is 0 Å². The first kappa shape index (κ1) is 16.0. The standard InChI is InChI=1S/C13H14F3NO3/c1-8(12(19)20-2)17-11(18)7-9-4-3-5-10(6-9)13(14,15)16/h3-6,8H,7H2,1-2H3,(H,17,18). The summed E-state index contributed by atoms with van der Waals surface area (Å²) in [5.41, 5.74) is -0.599. The van der Waals surface area contributed by atoms with Gasteiger partial charge >= 0.3 is 12.1 Å². The lowest BCUT2D eigenvalue weighted by Gasteiger charge is -2.12. The zero-order valence-electron chi connectivity index (χ0n) is 11.0. The van der Waals surface area contributed by atoms with Gasteiger partial charge in [-0.3, -0.25) is 4.79 Å². The molecule has 0 aliphatic heterocycles. The van der Waals surface area contributed by atoms with Gasteiger partial charge in [-0.05, 0) is 18.6 Å². The molecule has 0 fully saturated rings. The van der Waals surface area contributed by atoms with Crippen LogP contribution in [-0.2, 0) is 26.9 Å². The van der Waals surface area contributed by atoms with Crippen molar-refractivity contribution in [1.82, 2.24) is 5.32 Å². The Morgan fingerprint density at radius 3 is 2.55 bits per heavy atom. The van der Waals surface area contributed by atoms with Gasteiger partial charge in [0.1, 0.15) is 6.04 Å². The van der Waals surface area contributed by atoms with Crippen LogP contribution in [0, 0.1) is 0 Å². The van der Waals surface area contributed by atoms with Crippen LogP contribution in [-0.4, -0.2) is 25.0 Å². The molecule has 4 nitrogen and oxygen atoms in total. The number of ether oxygens (including phenoxy) is 1. The molecule has 110 valence electrons. The van der Waals surface area contributed by atoms with Crippen molar-refractivity contribution >= 4 is 11.9 Å². The fourth-order valence-electron chi connectivity index (χ4n) is 1.57. The average Bonchev–Trinajstić information content (AvgIpc) is 2.36. The van der Waals surface area contributed by atoms with E-state index >= 15 is 0 Å². The largest absolute Gasteiger partial charge is 0.467 e. The normalized spacial score (nSPS) is 12.7. The van der Waals surface area contributed by atoms with Crippen LogP contribution in [0.25, 0.3) is 0 Å². The van der Waals surface area contributed by atoms with Gasteiger partial charge in [-0.1, -0.05) is 18.2 Å². The fourth-order valence-corrected chi connectivity index (χ4v) is 1.57. The Labute approximate surface area is 113 Å². The first-order valence-corrected chi connectivity index (χ1v) is 5.77. The number of halogens is 3. The highest BCUT2D eigenvalue weighted by atomic mass is 19.4. The highest BCUT2D eigenvalue weighted by molar-refractivity contribution is 5.85. The molecule has 1 aromatic carbocycles. The predicted molar refractivity (Wildman–Crippen MR) is 64.8 cm³/mol. The van der Waals surface area contributed by atoms with Gasteiger partial charge < -0.3 is 10.1 Å². The van der Waals surface area contributed by atoms with Crippen molar-refractivity contribution in [3.63, 3.8) is 0 Å². The maximum atomic E-state index is 12.5. The van der Waals surface area contributed by atoms with Crippen LogP contribution < -0.4 is 5.32 Å². The van der Waals surface area contributed by atoms with E-state index in [1.54, 1.807) is 0 Å². The van der Waals surface area contributed by atoms with E-state index in [0.717, 1.165) is 12.1 Å². The van der Waals surface area contributed by atoms with Crippen molar-refractivity contribution in [3.05, 3.63) is 35.4 Å². The molecule has 0 saturated heterocycles. The third-order valence-corrected chi connectivity index (χ3v) is 2.55. The molecule has 0 aliphatic carbocycles. The van der Waals surface area contributed by atoms with E-state index in [2.05, 4.69) is 10.1 Å². The maximum absolute atomic E-state index is 12.5. The third-order valence-electron chi connectivity index (χ3n) is 2.55. The van der Waals surface area contributed by atoms with Crippen LogP contribution in [0.2, 0.25) is 0 Å². The molecule has 0 saturated carbocycles. The number of alkyl halides is 3. The molecule has 7 heteroatoms. The van der Waals surface area contributed by atoms with Crippen molar-refractivity contribution in [3.8, 4) is 0 Å². The second kappa shape index (κ2) is 6.40.